The zero-order valence-electron chi connectivity index (χ0n) is 18.4. The summed E-state index contributed by atoms with van der Waals surface area (Å²) in [4.78, 5) is 16.9. The van der Waals surface area contributed by atoms with Crippen LogP contribution in [-0.2, 0) is 4.79 Å². The van der Waals surface area contributed by atoms with E-state index in [0.717, 1.165) is 32.7 Å². The number of hydrogen-bond donors (Lipinski definition) is 1. The monoisotopic (exact) mass is 445 g/mol. The average Bonchev–Trinajstić information content (AvgIpc) is 2.78. The van der Waals surface area contributed by atoms with Gasteiger partial charge in [0.25, 0.3) is 0 Å². The van der Waals surface area contributed by atoms with Crippen molar-refractivity contribution < 1.29 is 23.0 Å². The molecule has 6 nitrogen and oxygen atoms in total. The summed E-state index contributed by atoms with van der Waals surface area (Å²) < 4.78 is 35.0. The first-order valence-electron chi connectivity index (χ1n) is 10.6. The molecule has 0 aliphatic carbocycles. The Kier molecular flexibility index (Phi) is 8.44. The van der Waals surface area contributed by atoms with Crippen LogP contribution < -0.4 is 19.7 Å². The van der Waals surface area contributed by atoms with E-state index in [-0.39, 0.29) is 17.4 Å². The van der Waals surface area contributed by atoms with Crippen LogP contribution in [0.2, 0.25) is 0 Å². The highest BCUT2D eigenvalue weighted by atomic mass is 19.3. The molecule has 0 radical (unpaired) electrons. The molecule has 1 aliphatic heterocycles. The van der Waals surface area contributed by atoms with Crippen LogP contribution in [0.25, 0.3) is 6.08 Å². The summed E-state index contributed by atoms with van der Waals surface area (Å²) in [5, 5.41) is 2.84. The molecular weight excluding hydrogens is 416 g/mol. The molecule has 0 aromatic heterocycles. The van der Waals surface area contributed by atoms with E-state index in [9.17, 15) is 13.6 Å². The molecule has 2 aromatic rings. The number of hydrogen-bond acceptors (Lipinski definition) is 5. The molecule has 1 saturated heterocycles. The Labute approximate surface area is 187 Å². The van der Waals surface area contributed by atoms with Crippen molar-refractivity contribution in [3.8, 4) is 11.5 Å². The second-order valence-electron chi connectivity index (χ2n) is 7.55. The molecule has 1 heterocycles. The van der Waals surface area contributed by atoms with Crippen molar-refractivity contribution >= 4 is 17.7 Å². The molecule has 0 saturated carbocycles. The van der Waals surface area contributed by atoms with Gasteiger partial charge in [-0.3, -0.25) is 9.69 Å². The first kappa shape index (κ1) is 23.5. The number of alkyl halides is 2. The predicted molar refractivity (Wildman–Crippen MR) is 122 cm³/mol. The maximum absolute atomic E-state index is 12.7. The van der Waals surface area contributed by atoms with Gasteiger partial charge in [0.2, 0.25) is 5.91 Å². The van der Waals surface area contributed by atoms with Gasteiger partial charge in [0, 0.05) is 56.6 Å². The second kappa shape index (κ2) is 11.5. The van der Waals surface area contributed by atoms with E-state index >= 15 is 0 Å². The van der Waals surface area contributed by atoms with Crippen molar-refractivity contribution in [2.75, 3.05) is 51.3 Å². The molecule has 0 unspecified atom stereocenters. The lowest BCUT2D eigenvalue weighted by Crippen LogP contribution is -2.48. The fraction of sp³-hybridized carbons (Fsp3) is 0.375. The number of carbonyl (C=O) groups excluding carboxylic acids is 1. The largest absolute Gasteiger partial charge is 0.493 e. The highest BCUT2D eigenvalue weighted by Gasteiger charge is 2.17. The van der Waals surface area contributed by atoms with Crippen molar-refractivity contribution in [2.24, 2.45) is 0 Å². The molecule has 2 aromatic carbocycles. The number of amides is 1. The first-order valence-corrected chi connectivity index (χ1v) is 10.6. The normalized spacial score (nSPS) is 14.7. The van der Waals surface area contributed by atoms with Gasteiger partial charge in [0.1, 0.15) is 0 Å². The summed E-state index contributed by atoms with van der Waals surface area (Å²) >= 11 is 0. The van der Waals surface area contributed by atoms with E-state index in [0.29, 0.717) is 12.1 Å². The van der Waals surface area contributed by atoms with E-state index < -0.39 is 6.61 Å². The SMILES string of the molecule is COc1cccc(/C=C/C(=O)NCCN2CCN(c3cccc(C)c3)CC2)c1OC(F)F. The Hall–Kier alpha value is -3.13. The first-order chi connectivity index (χ1) is 15.5. The number of anilines is 1. The van der Waals surface area contributed by atoms with E-state index in [1.807, 2.05) is 0 Å². The van der Waals surface area contributed by atoms with Crippen molar-refractivity contribution in [1.29, 1.82) is 0 Å². The quantitative estimate of drug-likeness (QED) is 0.599. The zero-order valence-corrected chi connectivity index (χ0v) is 18.4. The van der Waals surface area contributed by atoms with Gasteiger partial charge in [-0.2, -0.15) is 8.78 Å². The number of halogens is 2. The van der Waals surface area contributed by atoms with Gasteiger partial charge in [-0.15, -0.1) is 0 Å². The van der Waals surface area contributed by atoms with Gasteiger partial charge in [0.15, 0.2) is 11.5 Å². The third kappa shape index (κ3) is 6.68. The number of carbonyl (C=O) groups is 1. The molecule has 0 spiro atoms. The number of methoxy groups -OCH3 is 1. The number of benzene rings is 2. The van der Waals surface area contributed by atoms with Crippen molar-refractivity contribution in [3.05, 3.63) is 59.7 Å². The van der Waals surface area contributed by atoms with Gasteiger partial charge < -0.3 is 19.7 Å². The van der Waals surface area contributed by atoms with Crippen LogP contribution in [0, 0.1) is 6.92 Å². The average molecular weight is 446 g/mol. The minimum absolute atomic E-state index is 0.0967. The Morgan fingerprint density at radius 1 is 1.16 bits per heavy atom. The fourth-order valence-electron chi connectivity index (χ4n) is 3.66. The summed E-state index contributed by atoms with van der Waals surface area (Å²) in [6.45, 7) is 4.11. The van der Waals surface area contributed by atoms with E-state index in [2.05, 4.69) is 51.0 Å². The molecule has 0 bridgehead atoms. The fourth-order valence-corrected chi connectivity index (χ4v) is 3.66. The predicted octanol–water partition coefficient (Wildman–Crippen LogP) is 3.56. The van der Waals surface area contributed by atoms with Crippen LogP contribution in [0.15, 0.2) is 48.5 Å². The molecule has 32 heavy (non-hydrogen) atoms. The van der Waals surface area contributed by atoms with Gasteiger partial charge in [-0.25, -0.2) is 0 Å². The standard InChI is InChI=1S/C24H29F2N3O3/c1-18-5-3-7-20(17-18)29-15-13-28(14-16-29)12-11-27-22(30)10-9-19-6-4-8-21(31-2)23(19)32-24(25)26/h3-10,17,24H,11-16H2,1-2H3,(H,27,30)/b10-9+. The lowest BCUT2D eigenvalue weighted by Gasteiger charge is -2.36. The summed E-state index contributed by atoms with van der Waals surface area (Å²) in [7, 11) is 1.37. The number of piperazine rings is 1. The molecule has 8 heteroatoms. The third-order valence-electron chi connectivity index (χ3n) is 5.32. The van der Waals surface area contributed by atoms with E-state index in [4.69, 9.17) is 4.74 Å². The van der Waals surface area contributed by atoms with Crippen LogP contribution in [0.3, 0.4) is 0 Å². The maximum atomic E-state index is 12.7. The minimum Gasteiger partial charge on any atom is -0.493 e. The third-order valence-corrected chi connectivity index (χ3v) is 5.32. The van der Waals surface area contributed by atoms with Gasteiger partial charge in [0.05, 0.1) is 7.11 Å². The lowest BCUT2D eigenvalue weighted by atomic mass is 10.1. The van der Waals surface area contributed by atoms with Gasteiger partial charge in [-0.05, 0) is 36.8 Å². The highest BCUT2D eigenvalue weighted by Crippen LogP contribution is 2.33. The minimum atomic E-state index is -2.99. The zero-order chi connectivity index (χ0) is 22.9. The van der Waals surface area contributed by atoms with Crippen molar-refractivity contribution in [3.63, 3.8) is 0 Å². The van der Waals surface area contributed by atoms with Crippen LogP contribution in [0.1, 0.15) is 11.1 Å². The summed E-state index contributed by atoms with van der Waals surface area (Å²) in [6, 6.07) is 13.3. The van der Waals surface area contributed by atoms with Crippen LogP contribution in [-0.4, -0.2) is 63.8 Å². The Morgan fingerprint density at radius 2 is 1.91 bits per heavy atom. The highest BCUT2D eigenvalue weighted by molar-refractivity contribution is 5.92. The molecule has 0 atom stereocenters. The van der Waals surface area contributed by atoms with Gasteiger partial charge >= 0.3 is 6.61 Å². The number of nitrogens with one attached hydrogen (secondary N) is 1. The Balaban J connectivity index is 1.45. The molecule has 1 N–H and O–H groups in total. The van der Waals surface area contributed by atoms with E-state index in [1.165, 1.54) is 36.6 Å². The Bertz CT molecular complexity index is 928. The molecule has 1 fully saturated rings. The summed E-state index contributed by atoms with van der Waals surface area (Å²) in [5.41, 5.74) is 2.84. The number of nitrogens with zero attached hydrogens (tertiary/aromatic N) is 2. The molecular formula is C24H29F2N3O3. The number of aryl methyl sites for hydroxylation is 1. The number of para-hydroxylation sites is 1. The van der Waals surface area contributed by atoms with Crippen LogP contribution in [0.5, 0.6) is 11.5 Å². The van der Waals surface area contributed by atoms with Crippen LogP contribution in [0.4, 0.5) is 14.5 Å². The van der Waals surface area contributed by atoms with E-state index in [1.54, 1.807) is 12.1 Å². The van der Waals surface area contributed by atoms with Crippen LogP contribution >= 0.6 is 0 Å². The summed E-state index contributed by atoms with van der Waals surface area (Å²) in [6.07, 6.45) is 2.75. The van der Waals surface area contributed by atoms with Gasteiger partial charge in [-0.1, -0.05) is 24.3 Å². The topological polar surface area (TPSA) is 54.0 Å². The lowest BCUT2D eigenvalue weighted by molar-refractivity contribution is -0.116. The van der Waals surface area contributed by atoms with Crippen molar-refractivity contribution in [2.45, 2.75) is 13.5 Å². The van der Waals surface area contributed by atoms with Crippen molar-refractivity contribution in [1.82, 2.24) is 10.2 Å². The summed E-state index contributed by atoms with van der Waals surface area (Å²) in [5.74, 6) is -0.215. The number of rotatable bonds is 9. The molecule has 172 valence electrons. The maximum Gasteiger partial charge on any atom is 0.387 e. The smallest absolute Gasteiger partial charge is 0.387 e. The second-order valence-corrected chi connectivity index (χ2v) is 7.55. The molecule has 1 amide bonds. The molecule has 3 rings (SSSR count). The molecule has 1 aliphatic rings. The number of ether oxygens (including phenoxy) is 2. The Morgan fingerprint density at radius 3 is 2.59 bits per heavy atom.